The Kier molecular flexibility index (Phi) is 4.65. The van der Waals surface area contributed by atoms with E-state index in [1.165, 1.54) is 24.3 Å². The molecule has 2 nitrogen and oxygen atoms in total. The standard InChI is InChI=1S/C14H12ClF3N2/c15-10-2-1-3-11(17)14(10)13(20-19)6-8-4-5-9(16)7-12(8)18/h1-5,7,13,20H,6,19H2. The van der Waals surface area contributed by atoms with Gasteiger partial charge in [0.15, 0.2) is 0 Å². The number of halogens is 4. The Hall–Kier alpha value is -1.56. The molecule has 106 valence electrons. The zero-order valence-corrected chi connectivity index (χ0v) is 11.1. The number of nitrogens with one attached hydrogen (secondary N) is 1. The number of hydrogen-bond acceptors (Lipinski definition) is 2. The topological polar surface area (TPSA) is 38.0 Å². The van der Waals surface area contributed by atoms with Crippen LogP contribution in [-0.2, 0) is 6.42 Å². The highest BCUT2D eigenvalue weighted by atomic mass is 35.5. The Labute approximate surface area is 119 Å². The molecule has 0 fully saturated rings. The molecule has 1 unspecified atom stereocenters. The van der Waals surface area contributed by atoms with Crippen LogP contribution >= 0.6 is 11.6 Å². The molecule has 0 radical (unpaired) electrons. The van der Waals surface area contributed by atoms with Gasteiger partial charge in [0.25, 0.3) is 0 Å². The van der Waals surface area contributed by atoms with E-state index in [0.29, 0.717) is 0 Å². The fourth-order valence-corrected chi connectivity index (χ4v) is 2.29. The van der Waals surface area contributed by atoms with Crippen molar-refractivity contribution in [3.63, 3.8) is 0 Å². The van der Waals surface area contributed by atoms with Crippen molar-refractivity contribution in [2.75, 3.05) is 0 Å². The lowest BCUT2D eigenvalue weighted by Gasteiger charge is -2.18. The van der Waals surface area contributed by atoms with Crippen LogP contribution in [0.3, 0.4) is 0 Å². The molecule has 0 bridgehead atoms. The Bertz CT molecular complexity index is 599. The summed E-state index contributed by atoms with van der Waals surface area (Å²) >= 11 is 5.94. The Morgan fingerprint density at radius 2 is 1.85 bits per heavy atom. The van der Waals surface area contributed by atoms with Crippen LogP contribution in [0.1, 0.15) is 17.2 Å². The van der Waals surface area contributed by atoms with Crippen LogP contribution in [0.15, 0.2) is 36.4 Å². The number of nitrogens with two attached hydrogens (primary N) is 1. The van der Waals surface area contributed by atoms with Crippen LogP contribution in [0.4, 0.5) is 13.2 Å². The molecule has 6 heteroatoms. The molecule has 1 atom stereocenters. The van der Waals surface area contributed by atoms with Gasteiger partial charge < -0.3 is 0 Å². The summed E-state index contributed by atoms with van der Waals surface area (Å²) in [7, 11) is 0. The minimum absolute atomic E-state index is 0.0449. The van der Waals surface area contributed by atoms with Crippen LogP contribution in [0.2, 0.25) is 5.02 Å². The molecule has 0 amide bonds. The SMILES string of the molecule is NNC(Cc1ccc(F)cc1F)c1c(F)cccc1Cl. The maximum absolute atomic E-state index is 13.8. The van der Waals surface area contributed by atoms with E-state index < -0.39 is 23.5 Å². The zero-order chi connectivity index (χ0) is 14.7. The van der Waals surface area contributed by atoms with Crippen molar-refractivity contribution < 1.29 is 13.2 Å². The third-order valence-corrected chi connectivity index (χ3v) is 3.32. The molecule has 3 N–H and O–H groups in total. The summed E-state index contributed by atoms with van der Waals surface area (Å²) in [5.41, 5.74) is 2.77. The van der Waals surface area contributed by atoms with Crippen LogP contribution in [-0.4, -0.2) is 0 Å². The first-order valence-electron chi connectivity index (χ1n) is 5.87. The largest absolute Gasteiger partial charge is 0.271 e. The molecule has 0 aliphatic carbocycles. The molecule has 0 spiro atoms. The Balaban J connectivity index is 2.34. The summed E-state index contributed by atoms with van der Waals surface area (Å²) in [6.07, 6.45) is 0.0449. The second kappa shape index (κ2) is 6.26. The second-order valence-electron chi connectivity index (χ2n) is 4.29. The Morgan fingerprint density at radius 1 is 1.10 bits per heavy atom. The molecule has 0 aliphatic heterocycles. The van der Waals surface area contributed by atoms with Crippen LogP contribution in [0.25, 0.3) is 0 Å². The molecule has 0 saturated heterocycles. The zero-order valence-electron chi connectivity index (χ0n) is 10.3. The first-order chi connectivity index (χ1) is 9.52. The maximum Gasteiger partial charge on any atom is 0.129 e. The van der Waals surface area contributed by atoms with Gasteiger partial charge in [-0.15, -0.1) is 0 Å². The van der Waals surface area contributed by atoms with Gasteiger partial charge in [-0.3, -0.25) is 11.3 Å². The third-order valence-electron chi connectivity index (χ3n) is 2.99. The van der Waals surface area contributed by atoms with E-state index in [1.54, 1.807) is 0 Å². The van der Waals surface area contributed by atoms with E-state index in [-0.39, 0.29) is 22.6 Å². The molecule has 0 aliphatic rings. The molecule has 0 saturated carbocycles. The van der Waals surface area contributed by atoms with Crippen LogP contribution in [0.5, 0.6) is 0 Å². The Morgan fingerprint density at radius 3 is 2.45 bits per heavy atom. The summed E-state index contributed by atoms with van der Waals surface area (Å²) < 4.78 is 40.3. The average Bonchev–Trinajstić information content (AvgIpc) is 2.39. The van der Waals surface area contributed by atoms with E-state index in [4.69, 9.17) is 17.4 Å². The van der Waals surface area contributed by atoms with Gasteiger partial charge in [0.05, 0.1) is 6.04 Å². The van der Waals surface area contributed by atoms with Crippen molar-refractivity contribution in [3.05, 3.63) is 70.0 Å². The van der Waals surface area contributed by atoms with E-state index in [2.05, 4.69) is 5.43 Å². The summed E-state index contributed by atoms with van der Waals surface area (Å²) in [6, 6.07) is 6.71. The van der Waals surface area contributed by atoms with Gasteiger partial charge in [0.2, 0.25) is 0 Å². The number of hydrazine groups is 1. The lowest BCUT2D eigenvalue weighted by atomic mass is 9.98. The third kappa shape index (κ3) is 3.12. The summed E-state index contributed by atoms with van der Waals surface area (Å²) in [5.74, 6) is 3.48. The lowest BCUT2D eigenvalue weighted by molar-refractivity contribution is 0.496. The monoisotopic (exact) mass is 300 g/mol. The molecule has 2 rings (SSSR count). The van der Waals surface area contributed by atoms with Crippen molar-refractivity contribution in [1.29, 1.82) is 0 Å². The second-order valence-corrected chi connectivity index (χ2v) is 4.70. The van der Waals surface area contributed by atoms with Crippen LogP contribution < -0.4 is 11.3 Å². The van der Waals surface area contributed by atoms with Crippen molar-refractivity contribution in [3.8, 4) is 0 Å². The van der Waals surface area contributed by atoms with Crippen molar-refractivity contribution in [2.45, 2.75) is 12.5 Å². The molecule has 2 aromatic carbocycles. The maximum atomic E-state index is 13.8. The first kappa shape index (κ1) is 14.8. The number of hydrogen-bond donors (Lipinski definition) is 2. The van der Waals surface area contributed by atoms with E-state index in [0.717, 1.165) is 12.1 Å². The quantitative estimate of drug-likeness (QED) is 0.670. The van der Waals surface area contributed by atoms with Gasteiger partial charge in [0.1, 0.15) is 17.5 Å². The molecule has 20 heavy (non-hydrogen) atoms. The summed E-state index contributed by atoms with van der Waals surface area (Å²) in [4.78, 5) is 0. The van der Waals surface area contributed by atoms with Gasteiger partial charge >= 0.3 is 0 Å². The summed E-state index contributed by atoms with van der Waals surface area (Å²) in [5, 5.41) is 0.190. The molecule has 0 heterocycles. The lowest BCUT2D eigenvalue weighted by Crippen LogP contribution is -2.30. The first-order valence-corrected chi connectivity index (χ1v) is 6.24. The smallest absolute Gasteiger partial charge is 0.129 e. The average molecular weight is 301 g/mol. The van der Waals surface area contributed by atoms with E-state index >= 15 is 0 Å². The highest BCUT2D eigenvalue weighted by molar-refractivity contribution is 6.31. The number of benzene rings is 2. The fraction of sp³-hybridized carbons (Fsp3) is 0.143. The minimum atomic E-state index is -0.719. The highest BCUT2D eigenvalue weighted by Crippen LogP contribution is 2.28. The van der Waals surface area contributed by atoms with Gasteiger partial charge in [0, 0.05) is 16.7 Å². The van der Waals surface area contributed by atoms with Gasteiger partial charge in [-0.2, -0.15) is 0 Å². The van der Waals surface area contributed by atoms with Gasteiger partial charge in [-0.05, 0) is 30.2 Å². The normalized spacial score (nSPS) is 12.4. The highest BCUT2D eigenvalue weighted by Gasteiger charge is 2.20. The molecular weight excluding hydrogens is 289 g/mol. The predicted molar refractivity (Wildman–Crippen MR) is 71.5 cm³/mol. The number of rotatable bonds is 4. The van der Waals surface area contributed by atoms with E-state index in [9.17, 15) is 13.2 Å². The van der Waals surface area contributed by atoms with Crippen LogP contribution in [0, 0.1) is 17.5 Å². The minimum Gasteiger partial charge on any atom is -0.271 e. The molecule has 2 aromatic rings. The predicted octanol–water partition coefficient (Wildman–Crippen LogP) is 3.50. The van der Waals surface area contributed by atoms with Crippen molar-refractivity contribution in [2.24, 2.45) is 5.84 Å². The fourth-order valence-electron chi connectivity index (χ4n) is 2.00. The summed E-state index contributed by atoms with van der Waals surface area (Å²) in [6.45, 7) is 0. The van der Waals surface area contributed by atoms with Gasteiger partial charge in [-0.1, -0.05) is 23.7 Å². The van der Waals surface area contributed by atoms with Crippen molar-refractivity contribution in [1.82, 2.24) is 5.43 Å². The van der Waals surface area contributed by atoms with Gasteiger partial charge in [-0.25, -0.2) is 13.2 Å². The van der Waals surface area contributed by atoms with Crippen molar-refractivity contribution >= 4 is 11.6 Å². The van der Waals surface area contributed by atoms with E-state index in [1.807, 2.05) is 0 Å². The molecular formula is C14H12ClF3N2. The molecule has 0 aromatic heterocycles.